The van der Waals surface area contributed by atoms with E-state index < -0.39 is 0 Å². The molecular weight excluding hydrogens is 152 g/mol. The lowest BCUT2D eigenvalue weighted by molar-refractivity contribution is -0.111. The first-order valence-corrected chi connectivity index (χ1v) is 4.58. The first kappa shape index (κ1) is 9.68. The Morgan fingerprint density at radius 3 is 2.92 bits per heavy atom. The summed E-state index contributed by atoms with van der Waals surface area (Å²) in [6, 6.07) is 0.199. The minimum absolute atomic E-state index is 0.199. The largest absolute Gasteiger partial charge is 0.308 e. The van der Waals surface area contributed by atoms with Crippen molar-refractivity contribution in [1.82, 2.24) is 9.80 Å². The van der Waals surface area contributed by atoms with Crippen molar-refractivity contribution in [3.05, 3.63) is 0 Å². The second-order valence-corrected chi connectivity index (χ2v) is 3.68. The Morgan fingerprint density at radius 1 is 1.58 bits per heavy atom. The molecule has 0 aliphatic carbocycles. The molecule has 1 heterocycles. The number of carbonyl (C=O) groups excluding carboxylic acids is 1. The van der Waals surface area contributed by atoms with Crippen molar-refractivity contribution < 1.29 is 4.79 Å². The molecule has 1 aliphatic rings. The lowest BCUT2D eigenvalue weighted by atomic mass is 10.2. The Balaban J connectivity index is 2.26. The van der Waals surface area contributed by atoms with Gasteiger partial charge in [0, 0.05) is 13.1 Å². The van der Waals surface area contributed by atoms with E-state index in [9.17, 15) is 4.79 Å². The number of likely N-dealkylation sites (tertiary alicyclic amines) is 1. The second kappa shape index (κ2) is 4.58. The van der Waals surface area contributed by atoms with Crippen molar-refractivity contribution in [3.63, 3.8) is 0 Å². The van der Waals surface area contributed by atoms with Gasteiger partial charge < -0.3 is 9.69 Å². The number of hydrogen-bond acceptors (Lipinski definition) is 3. The quantitative estimate of drug-likeness (QED) is 0.564. The number of rotatable bonds is 4. The molecule has 12 heavy (non-hydrogen) atoms. The average Bonchev–Trinajstić information content (AvgIpc) is 2.47. The van der Waals surface area contributed by atoms with Gasteiger partial charge in [-0.05, 0) is 33.5 Å². The lowest BCUT2D eigenvalue weighted by Crippen LogP contribution is -2.36. The summed E-state index contributed by atoms with van der Waals surface area (Å²) in [7, 11) is 4.12. The molecule has 3 nitrogen and oxygen atoms in total. The van der Waals surface area contributed by atoms with Crippen LogP contribution in [0, 0.1) is 0 Å². The van der Waals surface area contributed by atoms with Crippen LogP contribution in [0.2, 0.25) is 0 Å². The molecule has 0 aromatic heterocycles. The fourth-order valence-electron chi connectivity index (χ4n) is 1.61. The Bertz CT molecular complexity index is 147. The van der Waals surface area contributed by atoms with Crippen molar-refractivity contribution in [1.29, 1.82) is 0 Å². The molecule has 0 spiro atoms. The molecule has 0 N–H and O–H groups in total. The molecule has 1 fully saturated rings. The Labute approximate surface area is 74.3 Å². The van der Waals surface area contributed by atoms with Gasteiger partial charge in [-0.1, -0.05) is 0 Å². The minimum Gasteiger partial charge on any atom is -0.308 e. The average molecular weight is 170 g/mol. The molecule has 0 aromatic carbocycles. The van der Waals surface area contributed by atoms with Gasteiger partial charge >= 0.3 is 0 Å². The third-order valence-corrected chi connectivity index (χ3v) is 2.41. The van der Waals surface area contributed by atoms with E-state index in [1.165, 1.54) is 6.42 Å². The van der Waals surface area contributed by atoms with E-state index in [2.05, 4.69) is 23.9 Å². The molecule has 3 heteroatoms. The zero-order chi connectivity index (χ0) is 8.97. The van der Waals surface area contributed by atoms with Gasteiger partial charge in [-0.3, -0.25) is 4.90 Å². The highest BCUT2D eigenvalue weighted by Gasteiger charge is 2.22. The van der Waals surface area contributed by atoms with Gasteiger partial charge in [0.15, 0.2) is 0 Å². The SMILES string of the molecule is CN(C)CCN1CCCC1C=O. The molecule has 1 unspecified atom stereocenters. The highest BCUT2D eigenvalue weighted by molar-refractivity contribution is 5.58. The van der Waals surface area contributed by atoms with Gasteiger partial charge in [0.05, 0.1) is 6.04 Å². The fraction of sp³-hybridized carbons (Fsp3) is 0.889. The molecule has 1 rings (SSSR count). The third kappa shape index (κ3) is 2.57. The van der Waals surface area contributed by atoms with Crippen molar-refractivity contribution in [2.45, 2.75) is 18.9 Å². The van der Waals surface area contributed by atoms with Crippen molar-refractivity contribution in [2.24, 2.45) is 0 Å². The summed E-state index contributed by atoms with van der Waals surface area (Å²) in [4.78, 5) is 15.0. The van der Waals surface area contributed by atoms with Gasteiger partial charge in [0.1, 0.15) is 6.29 Å². The molecule has 1 atom stereocenters. The zero-order valence-corrected chi connectivity index (χ0v) is 7.99. The number of carbonyl (C=O) groups is 1. The molecule has 1 aliphatic heterocycles. The topological polar surface area (TPSA) is 23.6 Å². The second-order valence-electron chi connectivity index (χ2n) is 3.68. The van der Waals surface area contributed by atoms with E-state index in [1.54, 1.807) is 0 Å². The summed E-state index contributed by atoms with van der Waals surface area (Å²) in [6.45, 7) is 3.16. The van der Waals surface area contributed by atoms with Gasteiger partial charge in [-0.15, -0.1) is 0 Å². The van der Waals surface area contributed by atoms with Crippen LogP contribution in [0.25, 0.3) is 0 Å². The smallest absolute Gasteiger partial charge is 0.137 e. The summed E-state index contributed by atoms with van der Waals surface area (Å²) in [5.41, 5.74) is 0. The van der Waals surface area contributed by atoms with Crippen molar-refractivity contribution in [3.8, 4) is 0 Å². The lowest BCUT2D eigenvalue weighted by Gasteiger charge is -2.21. The van der Waals surface area contributed by atoms with Gasteiger partial charge in [-0.25, -0.2) is 0 Å². The van der Waals surface area contributed by atoms with Crippen LogP contribution in [0.4, 0.5) is 0 Å². The van der Waals surface area contributed by atoms with Crippen molar-refractivity contribution >= 4 is 6.29 Å². The van der Waals surface area contributed by atoms with E-state index in [0.29, 0.717) is 0 Å². The molecule has 0 amide bonds. The normalized spacial score (nSPS) is 25.1. The molecule has 0 radical (unpaired) electrons. The highest BCUT2D eigenvalue weighted by atomic mass is 16.1. The molecule has 0 bridgehead atoms. The zero-order valence-electron chi connectivity index (χ0n) is 7.99. The van der Waals surface area contributed by atoms with Crippen molar-refractivity contribution in [2.75, 3.05) is 33.7 Å². The van der Waals surface area contributed by atoms with Crippen LogP contribution in [0.1, 0.15) is 12.8 Å². The molecule has 70 valence electrons. The first-order valence-electron chi connectivity index (χ1n) is 4.58. The number of aldehydes is 1. The van der Waals surface area contributed by atoms with Gasteiger partial charge in [-0.2, -0.15) is 0 Å². The maximum Gasteiger partial charge on any atom is 0.137 e. The Hall–Kier alpha value is -0.410. The van der Waals surface area contributed by atoms with Crippen LogP contribution in [-0.2, 0) is 4.79 Å². The van der Waals surface area contributed by atoms with E-state index in [4.69, 9.17) is 0 Å². The van der Waals surface area contributed by atoms with E-state index in [-0.39, 0.29) is 6.04 Å². The minimum atomic E-state index is 0.199. The summed E-state index contributed by atoms with van der Waals surface area (Å²) >= 11 is 0. The maximum atomic E-state index is 10.6. The van der Waals surface area contributed by atoms with E-state index >= 15 is 0 Å². The summed E-state index contributed by atoms with van der Waals surface area (Å²) < 4.78 is 0. The predicted octanol–water partition coefficient (Wildman–Crippen LogP) is 0.211. The molecule has 0 aromatic rings. The third-order valence-electron chi connectivity index (χ3n) is 2.41. The van der Waals surface area contributed by atoms with Crippen LogP contribution in [-0.4, -0.2) is 55.9 Å². The molecule has 0 saturated carbocycles. The van der Waals surface area contributed by atoms with E-state index in [1.807, 2.05) is 0 Å². The number of hydrogen-bond donors (Lipinski definition) is 0. The summed E-state index contributed by atoms with van der Waals surface area (Å²) in [6.07, 6.45) is 3.32. The number of nitrogens with zero attached hydrogens (tertiary/aromatic N) is 2. The molecular formula is C9H18N2O. The standard InChI is InChI=1S/C9H18N2O/c1-10(2)6-7-11-5-3-4-9(11)8-12/h8-9H,3-7H2,1-2H3. The number of likely N-dealkylation sites (N-methyl/N-ethyl adjacent to an activating group) is 1. The first-order chi connectivity index (χ1) is 5.74. The summed E-state index contributed by atoms with van der Waals surface area (Å²) in [5.74, 6) is 0. The predicted molar refractivity (Wildman–Crippen MR) is 49.2 cm³/mol. The van der Waals surface area contributed by atoms with Gasteiger partial charge in [0.2, 0.25) is 0 Å². The fourth-order valence-corrected chi connectivity index (χ4v) is 1.61. The van der Waals surface area contributed by atoms with Gasteiger partial charge in [0.25, 0.3) is 0 Å². The van der Waals surface area contributed by atoms with Crippen LogP contribution in [0.15, 0.2) is 0 Å². The Kier molecular flexibility index (Phi) is 3.69. The van der Waals surface area contributed by atoms with Crippen LogP contribution in [0.3, 0.4) is 0 Å². The Morgan fingerprint density at radius 2 is 2.33 bits per heavy atom. The highest BCUT2D eigenvalue weighted by Crippen LogP contribution is 2.14. The van der Waals surface area contributed by atoms with Crippen LogP contribution < -0.4 is 0 Å². The monoisotopic (exact) mass is 170 g/mol. The maximum absolute atomic E-state index is 10.6. The van der Waals surface area contributed by atoms with Crippen LogP contribution >= 0.6 is 0 Å². The molecule has 1 saturated heterocycles. The van der Waals surface area contributed by atoms with E-state index in [0.717, 1.165) is 32.3 Å². The summed E-state index contributed by atoms with van der Waals surface area (Å²) in [5, 5.41) is 0. The van der Waals surface area contributed by atoms with Crippen LogP contribution in [0.5, 0.6) is 0 Å².